The Labute approximate surface area is 145 Å². The zero-order valence-corrected chi connectivity index (χ0v) is 14.4. The van der Waals surface area contributed by atoms with Gasteiger partial charge in [0.05, 0.1) is 9.79 Å². The van der Waals surface area contributed by atoms with Crippen LogP contribution in [0.2, 0.25) is 0 Å². The average molecular weight is 375 g/mol. The number of rotatable bonds is 5. The Kier molecular flexibility index (Phi) is 4.51. The smallest absolute Gasteiger partial charge is 0.220 e. The Morgan fingerprint density at radius 3 is 1.40 bits per heavy atom. The van der Waals surface area contributed by atoms with E-state index in [0.717, 1.165) is 0 Å². The predicted octanol–water partition coefficient (Wildman–Crippen LogP) is 2.06. The summed E-state index contributed by atoms with van der Waals surface area (Å²) in [5.74, 6) is -0.449. The minimum Gasteiger partial charge on any atom is -0.220 e. The van der Waals surface area contributed by atoms with E-state index in [1.807, 2.05) is 0 Å². The highest BCUT2D eigenvalue weighted by Gasteiger charge is 2.38. The SMILES string of the molecule is O=S(=O)(c1ccccc1)N(c1ncccn1)S(=O)(=O)c1ccccc1. The summed E-state index contributed by atoms with van der Waals surface area (Å²) in [4.78, 5) is 7.28. The maximum atomic E-state index is 13.0. The fraction of sp³-hybridized carbons (Fsp3) is 0. The highest BCUT2D eigenvalue weighted by molar-refractivity contribution is 8.10. The van der Waals surface area contributed by atoms with Crippen molar-refractivity contribution in [3.05, 3.63) is 79.1 Å². The molecule has 7 nitrogen and oxygen atoms in total. The van der Waals surface area contributed by atoms with Crippen LogP contribution in [0.3, 0.4) is 0 Å². The van der Waals surface area contributed by atoms with Crippen LogP contribution in [-0.4, -0.2) is 26.8 Å². The van der Waals surface area contributed by atoms with E-state index < -0.39 is 26.0 Å². The van der Waals surface area contributed by atoms with Crippen LogP contribution < -0.4 is 3.71 Å². The lowest BCUT2D eigenvalue weighted by atomic mass is 10.4. The van der Waals surface area contributed by atoms with Crippen molar-refractivity contribution in [3.63, 3.8) is 0 Å². The van der Waals surface area contributed by atoms with Crippen LogP contribution in [0.5, 0.6) is 0 Å². The quantitative estimate of drug-likeness (QED) is 0.677. The molecule has 3 rings (SSSR count). The number of sulfonamides is 2. The van der Waals surface area contributed by atoms with E-state index in [0.29, 0.717) is 0 Å². The summed E-state index contributed by atoms with van der Waals surface area (Å²) in [6, 6.07) is 16.0. The van der Waals surface area contributed by atoms with Crippen LogP contribution in [0.15, 0.2) is 88.9 Å². The molecule has 2 aromatic carbocycles. The Hall–Kier alpha value is -2.78. The number of anilines is 1. The first-order valence-corrected chi connectivity index (χ1v) is 10.00. The van der Waals surface area contributed by atoms with Crippen molar-refractivity contribution >= 4 is 26.0 Å². The second-order valence-corrected chi connectivity index (χ2v) is 8.69. The maximum absolute atomic E-state index is 13.0. The Bertz CT molecular complexity index is 987. The zero-order valence-electron chi connectivity index (χ0n) is 12.8. The summed E-state index contributed by atoms with van der Waals surface area (Å²) in [6.07, 6.45) is 2.55. The molecule has 0 atom stereocenters. The summed E-state index contributed by atoms with van der Waals surface area (Å²) in [5.41, 5.74) is 0. The van der Waals surface area contributed by atoms with E-state index in [1.165, 1.54) is 67.0 Å². The van der Waals surface area contributed by atoms with Gasteiger partial charge < -0.3 is 0 Å². The predicted molar refractivity (Wildman–Crippen MR) is 91.8 cm³/mol. The van der Waals surface area contributed by atoms with Gasteiger partial charge in [-0.05, 0) is 30.3 Å². The Morgan fingerprint density at radius 1 is 0.600 bits per heavy atom. The molecule has 128 valence electrons. The van der Waals surface area contributed by atoms with Crippen molar-refractivity contribution in [1.29, 1.82) is 0 Å². The van der Waals surface area contributed by atoms with Crippen molar-refractivity contribution in [2.75, 3.05) is 3.71 Å². The van der Waals surface area contributed by atoms with Gasteiger partial charge in [0.25, 0.3) is 26.0 Å². The summed E-state index contributed by atoms with van der Waals surface area (Å²) >= 11 is 0. The summed E-state index contributed by atoms with van der Waals surface area (Å²) in [5, 5.41) is 0. The van der Waals surface area contributed by atoms with Gasteiger partial charge in [-0.2, -0.15) is 16.8 Å². The summed E-state index contributed by atoms with van der Waals surface area (Å²) in [6.45, 7) is 0. The van der Waals surface area contributed by atoms with Crippen LogP contribution in [0, 0.1) is 0 Å². The van der Waals surface area contributed by atoms with Crippen LogP contribution in [-0.2, 0) is 20.0 Å². The van der Waals surface area contributed by atoms with Gasteiger partial charge >= 0.3 is 0 Å². The second kappa shape index (κ2) is 6.61. The van der Waals surface area contributed by atoms with E-state index in [4.69, 9.17) is 0 Å². The molecular formula is C16H13N3O4S2. The minimum absolute atomic E-state index is 0.179. The fourth-order valence-corrected chi connectivity index (χ4v) is 5.66. The summed E-state index contributed by atoms with van der Waals surface area (Å²) in [7, 11) is -8.88. The molecule has 0 bridgehead atoms. The maximum Gasteiger partial charge on any atom is 0.280 e. The Morgan fingerprint density at radius 2 is 1.00 bits per heavy atom. The molecule has 0 saturated heterocycles. The molecule has 0 saturated carbocycles. The van der Waals surface area contributed by atoms with Gasteiger partial charge in [0, 0.05) is 12.4 Å². The molecule has 0 radical (unpaired) electrons. The van der Waals surface area contributed by atoms with Gasteiger partial charge in [0.1, 0.15) is 0 Å². The number of nitrogens with zero attached hydrogens (tertiary/aromatic N) is 3. The van der Waals surface area contributed by atoms with Gasteiger partial charge in [-0.25, -0.2) is 9.97 Å². The lowest BCUT2D eigenvalue weighted by Crippen LogP contribution is -2.38. The van der Waals surface area contributed by atoms with Gasteiger partial charge in [-0.3, -0.25) is 0 Å². The molecule has 0 aliphatic carbocycles. The van der Waals surface area contributed by atoms with Crippen LogP contribution in [0.25, 0.3) is 0 Å². The van der Waals surface area contributed by atoms with Gasteiger partial charge in [-0.1, -0.05) is 36.4 Å². The van der Waals surface area contributed by atoms with Crippen molar-refractivity contribution in [2.45, 2.75) is 9.79 Å². The highest BCUT2D eigenvalue weighted by Crippen LogP contribution is 2.27. The monoisotopic (exact) mass is 375 g/mol. The molecule has 25 heavy (non-hydrogen) atoms. The van der Waals surface area contributed by atoms with Crippen LogP contribution >= 0.6 is 0 Å². The fourth-order valence-electron chi connectivity index (χ4n) is 2.11. The molecule has 3 aromatic rings. The van der Waals surface area contributed by atoms with E-state index in [-0.39, 0.29) is 13.5 Å². The molecule has 0 fully saturated rings. The third-order valence-corrected chi connectivity index (χ3v) is 7.35. The number of hydrogen-bond donors (Lipinski definition) is 0. The summed E-state index contributed by atoms with van der Waals surface area (Å²) < 4.78 is 52.3. The molecule has 9 heteroatoms. The normalized spacial score (nSPS) is 11.8. The van der Waals surface area contributed by atoms with E-state index >= 15 is 0 Å². The highest BCUT2D eigenvalue weighted by atomic mass is 32.3. The van der Waals surface area contributed by atoms with Crippen LogP contribution in [0.1, 0.15) is 0 Å². The van der Waals surface area contributed by atoms with Crippen molar-refractivity contribution in [2.24, 2.45) is 0 Å². The zero-order chi connectivity index (χ0) is 17.9. The van der Waals surface area contributed by atoms with Crippen LogP contribution in [0.4, 0.5) is 5.95 Å². The first-order chi connectivity index (χ1) is 11.9. The van der Waals surface area contributed by atoms with Gasteiger partial charge in [0.2, 0.25) is 0 Å². The Balaban J connectivity index is 2.26. The molecular weight excluding hydrogens is 362 g/mol. The van der Waals surface area contributed by atoms with Gasteiger partial charge in [-0.15, -0.1) is 3.71 Å². The number of benzene rings is 2. The van der Waals surface area contributed by atoms with Crippen molar-refractivity contribution in [1.82, 2.24) is 9.97 Å². The van der Waals surface area contributed by atoms with Gasteiger partial charge in [0.15, 0.2) is 0 Å². The van der Waals surface area contributed by atoms with Crippen molar-refractivity contribution in [3.8, 4) is 0 Å². The molecule has 0 amide bonds. The largest absolute Gasteiger partial charge is 0.280 e. The third kappa shape index (κ3) is 3.24. The van der Waals surface area contributed by atoms with Crippen molar-refractivity contribution < 1.29 is 16.8 Å². The lowest BCUT2D eigenvalue weighted by molar-refractivity contribution is 0.583. The molecule has 1 aromatic heterocycles. The third-order valence-electron chi connectivity index (χ3n) is 3.23. The lowest BCUT2D eigenvalue weighted by Gasteiger charge is -2.21. The number of hydrogen-bond acceptors (Lipinski definition) is 6. The average Bonchev–Trinajstić information content (AvgIpc) is 2.64. The number of aromatic nitrogens is 2. The molecule has 0 aliphatic heterocycles. The molecule has 0 aliphatic rings. The topological polar surface area (TPSA) is 97.3 Å². The molecule has 1 heterocycles. The van der Waals surface area contributed by atoms with E-state index in [2.05, 4.69) is 9.97 Å². The molecule has 0 N–H and O–H groups in total. The molecule has 0 spiro atoms. The van der Waals surface area contributed by atoms with E-state index in [1.54, 1.807) is 12.1 Å². The van der Waals surface area contributed by atoms with E-state index in [9.17, 15) is 16.8 Å². The molecule has 0 unspecified atom stereocenters. The second-order valence-electron chi connectivity index (χ2n) is 4.88. The first kappa shape index (κ1) is 17.1. The standard InChI is InChI=1S/C16H13N3O4S2/c20-24(21,14-8-3-1-4-9-14)19(16-17-12-7-13-18-16)25(22,23)15-10-5-2-6-11-15/h1-13H. The minimum atomic E-state index is -4.44. The first-order valence-electron chi connectivity index (χ1n) is 7.12.